The highest BCUT2D eigenvalue weighted by Crippen LogP contribution is 2.20. The fourth-order valence-corrected chi connectivity index (χ4v) is 2.72. The number of amides is 1. The summed E-state index contributed by atoms with van der Waals surface area (Å²) in [7, 11) is -3.72. The SMILES string of the molecule is CCC(C)(C)CNC(=O)c1csc(S(N)(=O)=O)c1. The van der Waals surface area contributed by atoms with Crippen molar-refractivity contribution in [3.8, 4) is 0 Å². The largest absolute Gasteiger partial charge is 0.351 e. The monoisotopic (exact) mass is 290 g/mol. The fraction of sp³-hybridized carbons (Fsp3) is 0.545. The predicted molar refractivity (Wildman–Crippen MR) is 72.1 cm³/mol. The van der Waals surface area contributed by atoms with Gasteiger partial charge in [0.05, 0.1) is 5.56 Å². The molecule has 0 radical (unpaired) electrons. The summed E-state index contributed by atoms with van der Waals surface area (Å²) in [6.07, 6.45) is 0.944. The second-order valence-electron chi connectivity index (χ2n) is 4.90. The number of thiophene rings is 1. The molecule has 0 saturated carbocycles. The summed E-state index contributed by atoms with van der Waals surface area (Å²) in [4.78, 5) is 11.8. The van der Waals surface area contributed by atoms with Crippen molar-refractivity contribution in [3.63, 3.8) is 0 Å². The van der Waals surface area contributed by atoms with Crippen molar-refractivity contribution in [2.24, 2.45) is 10.6 Å². The summed E-state index contributed by atoms with van der Waals surface area (Å²) in [6, 6.07) is 1.30. The Morgan fingerprint density at radius 1 is 1.50 bits per heavy atom. The van der Waals surface area contributed by atoms with Gasteiger partial charge in [-0.1, -0.05) is 20.8 Å². The summed E-state index contributed by atoms with van der Waals surface area (Å²) in [6.45, 7) is 6.70. The topological polar surface area (TPSA) is 89.3 Å². The van der Waals surface area contributed by atoms with E-state index in [2.05, 4.69) is 26.1 Å². The first-order valence-electron chi connectivity index (χ1n) is 5.55. The molecule has 0 spiro atoms. The summed E-state index contributed by atoms with van der Waals surface area (Å²) in [5.41, 5.74) is 0.352. The fourth-order valence-electron chi connectivity index (χ4n) is 1.13. The molecule has 1 aromatic rings. The molecule has 0 bridgehead atoms. The van der Waals surface area contributed by atoms with Gasteiger partial charge in [0.15, 0.2) is 0 Å². The number of sulfonamides is 1. The summed E-state index contributed by atoms with van der Waals surface area (Å²) < 4.78 is 22.2. The van der Waals surface area contributed by atoms with Crippen LogP contribution in [0.5, 0.6) is 0 Å². The molecule has 18 heavy (non-hydrogen) atoms. The zero-order chi connectivity index (χ0) is 14.0. The smallest absolute Gasteiger partial charge is 0.252 e. The third kappa shape index (κ3) is 4.08. The molecule has 102 valence electrons. The first kappa shape index (κ1) is 15.1. The Morgan fingerprint density at radius 3 is 2.56 bits per heavy atom. The van der Waals surface area contributed by atoms with Gasteiger partial charge in [-0.3, -0.25) is 4.79 Å². The van der Waals surface area contributed by atoms with Crippen LogP contribution in [0.4, 0.5) is 0 Å². The van der Waals surface area contributed by atoms with Gasteiger partial charge < -0.3 is 5.32 Å². The Labute approximate surface area is 111 Å². The Morgan fingerprint density at radius 2 is 2.11 bits per heavy atom. The molecule has 0 fully saturated rings. The van der Waals surface area contributed by atoms with Crippen molar-refractivity contribution in [3.05, 3.63) is 17.0 Å². The summed E-state index contributed by atoms with van der Waals surface area (Å²) in [5.74, 6) is -0.275. The molecule has 1 rings (SSSR count). The minimum atomic E-state index is -3.72. The molecule has 1 aromatic heterocycles. The number of primary sulfonamides is 1. The van der Waals surface area contributed by atoms with E-state index in [1.165, 1.54) is 11.4 Å². The van der Waals surface area contributed by atoms with Crippen molar-refractivity contribution in [2.45, 2.75) is 31.4 Å². The van der Waals surface area contributed by atoms with Crippen LogP contribution in [0.3, 0.4) is 0 Å². The highest BCUT2D eigenvalue weighted by atomic mass is 32.2. The molecule has 0 unspecified atom stereocenters. The van der Waals surface area contributed by atoms with Crippen LogP contribution in [0.1, 0.15) is 37.6 Å². The van der Waals surface area contributed by atoms with E-state index in [1.807, 2.05) is 0 Å². The van der Waals surface area contributed by atoms with Gasteiger partial charge >= 0.3 is 0 Å². The molecule has 0 atom stereocenters. The number of rotatable bonds is 5. The molecule has 0 aliphatic rings. The van der Waals surface area contributed by atoms with Gasteiger partial charge in [-0.25, -0.2) is 13.6 Å². The van der Waals surface area contributed by atoms with E-state index in [-0.39, 0.29) is 15.5 Å². The van der Waals surface area contributed by atoms with Crippen LogP contribution in [-0.4, -0.2) is 20.9 Å². The quantitative estimate of drug-likeness (QED) is 0.862. The minimum absolute atomic E-state index is 0.00222. The third-order valence-corrected chi connectivity index (χ3v) is 5.19. The molecule has 0 aromatic carbocycles. The molecule has 0 aliphatic carbocycles. The zero-order valence-corrected chi connectivity index (χ0v) is 12.3. The molecule has 3 N–H and O–H groups in total. The highest BCUT2D eigenvalue weighted by Gasteiger charge is 2.19. The van der Waals surface area contributed by atoms with E-state index in [0.717, 1.165) is 17.8 Å². The summed E-state index contributed by atoms with van der Waals surface area (Å²) >= 11 is 0.950. The molecule has 5 nitrogen and oxygen atoms in total. The van der Waals surface area contributed by atoms with E-state index < -0.39 is 10.0 Å². The van der Waals surface area contributed by atoms with Gasteiger partial charge in [0.1, 0.15) is 4.21 Å². The minimum Gasteiger partial charge on any atom is -0.351 e. The number of nitrogens with one attached hydrogen (secondary N) is 1. The van der Waals surface area contributed by atoms with Crippen LogP contribution in [0, 0.1) is 5.41 Å². The second kappa shape index (κ2) is 5.38. The van der Waals surface area contributed by atoms with E-state index in [1.54, 1.807) is 0 Å². The van der Waals surface area contributed by atoms with Crippen LogP contribution in [-0.2, 0) is 10.0 Å². The molecular formula is C11H18N2O3S2. The normalized spacial score (nSPS) is 12.4. The average Bonchev–Trinajstić information content (AvgIpc) is 2.75. The van der Waals surface area contributed by atoms with Gasteiger partial charge in [0, 0.05) is 11.9 Å². The maximum atomic E-state index is 11.8. The Balaban J connectivity index is 2.72. The lowest BCUT2D eigenvalue weighted by molar-refractivity contribution is 0.0936. The van der Waals surface area contributed by atoms with Gasteiger partial charge in [-0.15, -0.1) is 11.3 Å². The second-order valence-corrected chi connectivity index (χ2v) is 7.60. The van der Waals surface area contributed by atoms with Crippen molar-refractivity contribution >= 4 is 27.3 Å². The number of carbonyl (C=O) groups excluding carboxylic acids is 1. The highest BCUT2D eigenvalue weighted by molar-refractivity contribution is 7.91. The van der Waals surface area contributed by atoms with E-state index in [9.17, 15) is 13.2 Å². The van der Waals surface area contributed by atoms with E-state index in [0.29, 0.717) is 12.1 Å². The van der Waals surface area contributed by atoms with Crippen LogP contribution >= 0.6 is 11.3 Å². The lowest BCUT2D eigenvalue weighted by Gasteiger charge is -2.22. The molecule has 1 heterocycles. The Bertz CT molecular complexity index is 532. The molecule has 0 saturated heterocycles. The maximum Gasteiger partial charge on any atom is 0.252 e. The number of carbonyl (C=O) groups is 1. The molecule has 0 aliphatic heterocycles. The first-order valence-corrected chi connectivity index (χ1v) is 7.98. The maximum absolute atomic E-state index is 11.8. The van der Waals surface area contributed by atoms with Gasteiger partial charge in [-0.2, -0.15) is 0 Å². The number of nitrogens with two attached hydrogens (primary N) is 1. The molecular weight excluding hydrogens is 272 g/mol. The third-order valence-electron chi connectivity index (χ3n) is 2.80. The van der Waals surface area contributed by atoms with Crippen molar-refractivity contribution in [2.75, 3.05) is 6.54 Å². The van der Waals surface area contributed by atoms with Crippen LogP contribution in [0.15, 0.2) is 15.7 Å². The Hall–Kier alpha value is -0.920. The van der Waals surface area contributed by atoms with Crippen LogP contribution < -0.4 is 10.5 Å². The zero-order valence-electron chi connectivity index (χ0n) is 10.7. The van der Waals surface area contributed by atoms with Gasteiger partial charge in [-0.05, 0) is 17.9 Å². The van der Waals surface area contributed by atoms with Crippen molar-refractivity contribution in [1.29, 1.82) is 0 Å². The van der Waals surface area contributed by atoms with Crippen LogP contribution in [0.25, 0.3) is 0 Å². The van der Waals surface area contributed by atoms with Gasteiger partial charge in [0.25, 0.3) is 5.91 Å². The van der Waals surface area contributed by atoms with Crippen molar-refractivity contribution < 1.29 is 13.2 Å². The Kier molecular flexibility index (Phi) is 4.52. The standard InChI is InChI=1S/C11H18N2O3S2/c1-4-11(2,3)7-13-10(14)8-5-9(17-6-8)18(12,15)16/h5-6H,4,7H2,1-3H3,(H,13,14)(H2,12,15,16). The average molecular weight is 290 g/mol. The summed E-state index contributed by atoms with van der Waals surface area (Å²) in [5, 5.41) is 9.27. The first-order chi connectivity index (χ1) is 8.15. The number of hydrogen-bond donors (Lipinski definition) is 2. The van der Waals surface area contributed by atoms with E-state index in [4.69, 9.17) is 5.14 Å². The van der Waals surface area contributed by atoms with Crippen LogP contribution in [0.2, 0.25) is 0 Å². The van der Waals surface area contributed by atoms with Gasteiger partial charge in [0.2, 0.25) is 10.0 Å². The number of hydrogen-bond acceptors (Lipinski definition) is 4. The lowest BCUT2D eigenvalue weighted by Crippen LogP contribution is -2.33. The molecule has 1 amide bonds. The molecule has 7 heteroatoms. The predicted octanol–water partition coefficient (Wildman–Crippen LogP) is 1.56. The van der Waals surface area contributed by atoms with Crippen molar-refractivity contribution in [1.82, 2.24) is 5.32 Å². The lowest BCUT2D eigenvalue weighted by atomic mass is 9.90. The van der Waals surface area contributed by atoms with E-state index >= 15 is 0 Å².